The third-order valence-corrected chi connectivity index (χ3v) is 3.88. The number of ether oxygens (including phenoxy) is 1. The fourth-order valence-corrected chi connectivity index (χ4v) is 2.88. The first kappa shape index (κ1) is 14.0. The van der Waals surface area contributed by atoms with Gasteiger partial charge in [-0.05, 0) is 24.6 Å². The molecule has 0 aliphatic carbocycles. The zero-order chi connectivity index (χ0) is 14.7. The summed E-state index contributed by atoms with van der Waals surface area (Å²) >= 11 is 0. The summed E-state index contributed by atoms with van der Waals surface area (Å²) in [7, 11) is 0. The monoisotopic (exact) mass is 283 g/mol. The van der Waals surface area contributed by atoms with Crippen LogP contribution in [0.25, 0.3) is 0 Å². The molecule has 0 spiro atoms. The molecule has 4 heteroatoms. The lowest BCUT2D eigenvalue weighted by molar-refractivity contribution is 0.183. The highest BCUT2D eigenvalue weighted by atomic mass is 16.5. The maximum atomic E-state index is 5.84. The number of aromatic nitrogens is 2. The Morgan fingerprint density at radius 2 is 2.29 bits per heavy atom. The van der Waals surface area contributed by atoms with Crippen LogP contribution in [0.4, 0.5) is 0 Å². The van der Waals surface area contributed by atoms with E-state index in [1.807, 2.05) is 18.3 Å². The average Bonchev–Trinajstić information content (AvgIpc) is 2.47. The third-order valence-electron chi connectivity index (χ3n) is 3.88. The maximum absolute atomic E-state index is 5.84. The van der Waals surface area contributed by atoms with Crippen molar-refractivity contribution in [2.45, 2.75) is 26.3 Å². The Labute approximate surface area is 125 Å². The second kappa shape index (κ2) is 6.22. The lowest BCUT2D eigenvalue weighted by atomic mass is 9.98. The number of nitrogens with zero attached hydrogens (tertiary/aromatic N) is 3. The Bertz CT molecular complexity index is 614. The summed E-state index contributed by atoms with van der Waals surface area (Å²) in [6.07, 6.45) is 3.58. The predicted molar refractivity (Wildman–Crippen MR) is 82.4 cm³/mol. The number of hydrogen-bond donors (Lipinski definition) is 0. The van der Waals surface area contributed by atoms with Gasteiger partial charge in [0.1, 0.15) is 18.7 Å². The molecular weight excluding hydrogens is 262 g/mol. The van der Waals surface area contributed by atoms with Gasteiger partial charge in [0.2, 0.25) is 0 Å². The number of aryl methyl sites for hydroxylation is 1. The Balaban J connectivity index is 1.55. The zero-order valence-corrected chi connectivity index (χ0v) is 12.6. The fraction of sp³-hybridized carbons (Fsp3) is 0.412. The van der Waals surface area contributed by atoms with Crippen molar-refractivity contribution in [3.63, 3.8) is 0 Å². The van der Waals surface area contributed by atoms with Crippen molar-refractivity contribution in [2.24, 2.45) is 0 Å². The molecule has 2 aromatic rings. The van der Waals surface area contributed by atoms with E-state index in [9.17, 15) is 0 Å². The summed E-state index contributed by atoms with van der Waals surface area (Å²) in [6, 6.07) is 8.19. The number of fused-ring (bicyclic) bond motifs is 1. The molecule has 0 saturated carbocycles. The molecule has 4 nitrogen and oxygen atoms in total. The normalized spacial score (nSPS) is 18.3. The molecule has 2 heterocycles. The summed E-state index contributed by atoms with van der Waals surface area (Å²) in [5.41, 5.74) is 3.66. The highest BCUT2D eigenvalue weighted by molar-refractivity contribution is 5.27. The summed E-state index contributed by atoms with van der Waals surface area (Å²) in [5.74, 6) is 1.40. The molecule has 0 bridgehead atoms. The first-order valence-corrected chi connectivity index (χ1v) is 7.43. The zero-order valence-electron chi connectivity index (χ0n) is 12.6. The Morgan fingerprint density at radius 3 is 3.14 bits per heavy atom. The predicted octanol–water partition coefficient (Wildman–Crippen LogP) is 2.78. The molecule has 1 aromatic carbocycles. The number of hydrogen-bond acceptors (Lipinski definition) is 4. The largest absolute Gasteiger partial charge is 0.492 e. The van der Waals surface area contributed by atoms with E-state index in [0.717, 1.165) is 25.4 Å². The van der Waals surface area contributed by atoms with Crippen LogP contribution < -0.4 is 4.74 Å². The molecule has 21 heavy (non-hydrogen) atoms. The van der Waals surface area contributed by atoms with Crippen LogP contribution in [-0.2, 0) is 6.54 Å². The van der Waals surface area contributed by atoms with Crippen LogP contribution in [0.5, 0.6) is 5.75 Å². The van der Waals surface area contributed by atoms with Crippen molar-refractivity contribution in [1.29, 1.82) is 0 Å². The Hall–Kier alpha value is -1.94. The van der Waals surface area contributed by atoms with E-state index in [1.54, 1.807) is 6.33 Å². The molecule has 1 atom stereocenters. The van der Waals surface area contributed by atoms with Gasteiger partial charge in [0.15, 0.2) is 0 Å². The van der Waals surface area contributed by atoms with Crippen LogP contribution in [0.1, 0.15) is 29.7 Å². The minimum Gasteiger partial charge on any atom is -0.492 e. The molecule has 0 N–H and O–H groups in total. The van der Waals surface area contributed by atoms with Crippen molar-refractivity contribution in [2.75, 3.05) is 19.7 Å². The molecule has 1 aliphatic heterocycles. The second-order valence-corrected chi connectivity index (χ2v) is 5.73. The summed E-state index contributed by atoms with van der Waals surface area (Å²) in [6.45, 7) is 7.88. The number of benzene rings is 1. The van der Waals surface area contributed by atoms with Gasteiger partial charge in [0, 0.05) is 37.3 Å². The van der Waals surface area contributed by atoms with Crippen LogP contribution >= 0.6 is 0 Å². The van der Waals surface area contributed by atoms with E-state index in [0.29, 0.717) is 12.5 Å². The molecule has 1 aromatic heterocycles. The van der Waals surface area contributed by atoms with E-state index >= 15 is 0 Å². The van der Waals surface area contributed by atoms with Crippen molar-refractivity contribution in [3.05, 3.63) is 53.6 Å². The van der Waals surface area contributed by atoms with E-state index in [4.69, 9.17) is 4.74 Å². The minimum atomic E-state index is 0.454. The molecule has 110 valence electrons. The molecule has 1 unspecified atom stereocenters. The summed E-state index contributed by atoms with van der Waals surface area (Å²) in [5, 5.41) is 0. The van der Waals surface area contributed by atoms with E-state index in [1.165, 1.54) is 16.8 Å². The quantitative estimate of drug-likeness (QED) is 0.865. The van der Waals surface area contributed by atoms with E-state index in [2.05, 4.69) is 40.8 Å². The highest BCUT2D eigenvalue weighted by Gasteiger charge is 2.23. The molecule has 0 fully saturated rings. The molecule has 0 amide bonds. The van der Waals surface area contributed by atoms with Crippen LogP contribution in [0.3, 0.4) is 0 Å². The van der Waals surface area contributed by atoms with Gasteiger partial charge in [-0.25, -0.2) is 9.97 Å². The smallest absolute Gasteiger partial charge is 0.119 e. The van der Waals surface area contributed by atoms with Crippen molar-refractivity contribution in [3.8, 4) is 5.75 Å². The van der Waals surface area contributed by atoms with Gasteiger partial charge in [-0.3, -0.25) is 4.90 Å². The van der Waals surface area contributed by atoms with Crippen LogP contribution in [-0.4, -0.2) is 34.6 Å². The number of rotatable bonds is 4. The average molecular weight is 283 g/mol. The Morgan fingerprint density at radius 1 is 1.38 bits per heavy atom. The fourth-order valence-electron chi connectivity index (χ4n) is 2.88. The van der Waals surface area contributed by atoms with Crippen LogP contribution in [0.15, 0.2) is 36.8 Å². The molecule has 0 radical (unpaired) electrons. The van der Waals surface area contributed by atoms with Gasteiger partial charge >= 0.3 is 0 Å². The van der Waals surface area contributed by atoms with Crippen molar-refractivity contribution >= 4 is 0 Å². The van der Waals surface area contributed by atoms with Gasteiger partial charge < -0.3 is 4.74 Å². The summed E-state index contributed by atoms with van der Waals surface area (Å²) in [4.78, 5) is 10.9. The molecule has 0 saturated heterocycles. The lowest BCUT2D eigenvalue weighted by Gasteiger charge is -2.31. The summed E-state index contributed by atoms with van der Waals surface area (Å²) < 4.78 is 5.84. The van der Waals surface area contributed by atoms with Crippen LogP contribution in [0.2, 0.25) is 0 Å². The maximum Gasteiger partial charge on any atom is 0.119 e. The van der Waals surface area contributed by atoms with Crippen molar-refractivity contribution in [1.82, 2.24) is 14.9 Å². The molecule has 1 aliphatic rings. The van der Waals surface area contributed by atoms with Gasteiger partial charge in [0.25, 0.3) is 0 Å². The lowest BCUT2D eigenvalue weighted by Crippen LogP contribution is -2.36. The van der Waals surface area contributed by atoms with Gasteiger partial charge in [0.05, 0.1) is 5.69 Å². The van der Waals surface area contributed by atoms with Crippen LogP contribution in [0, 0.1) is 6.92 Å². The van der Waals surface area contributed by atoms with Gasteiger partial charge in [-0.15, -0.1) is 0 Å². The minimum absolute atomic E-state index is 0.454. The first-order valence-electron chi connectivity index (χ1n) is 7.43. The second-order valence-electron chi connectivity index (χ2n) is 5.73. The van der Waals surface area contributed by atoms with E-state index in [-0.39, 0.29) is 0 Å². The Kier molecular flexibility index (Phi) is 4.15. The third kappa shape index (κ3) is 3.39. The first-order chi connectivity index (χ1) is 10.2. The highest BCUT2D eigenvalue weighted by Crippen LogP contribution is 2.24. The van der Waals surface area contributed by atoms with E-state index < -0.39 is 0 Å². The van der Waals surface area contributed by atoms with Crippen molar-refractivity contribution < 1.29 is 4.74 Å². The van der Waals surface area contributed by atoms with Gasteiger partial charge in [-0.2, -0.15) is 0 Å². The topological polar surface area (TPSA) is 38.2 Å². The van der Waals surface area contributed by atoms with Gasteiger partial charge in [-0.1, -0.05) is 19.1 Å². The molecule has 3 rings (SSSR count). The SMILES string of the molecule is Cc1cccc(OCCN2Cc3cncnc3C(C)C2)c1. The standard InChI is InChI=1S/C17H21N3O/c1-13-4-3-5-16(8-13)21-7-6-20-10-14(2)17-15(11-20)9-18-12-19-17/h3-5,8-9,12,14H,6-7,10-11H2,1-2H3. The molecular formula is C17H21N3O.